The summed E-state index contributed by atoms with van der Waals surface area (Å²) in [5.41, 5.74) is 2.27. The Balaban J connectivity index is 1.98. The number of hydrogen-bond donors (Lipinski definition) is 1. The number of nitrogens with one attached hydrogen (secondary N) is 1. The molecule has 4 heteroatoms. The molecule has 20 heavy (non-hydrogen) atoms. The van der Waals surface area contributed by atoms with Gasteiger partial charge in [0.15, 0.2) is 0 Å². The van der Waals surface area contributed by atoms with Crippen LogP contribution in [-0.2, 0) is 16.0 Å². The third-order valence-electron chi connectivity index (χ3n) is 3.38. The Bertz CT molecular complexity index is 506. The maximum atomic E-state index is 12.1. The first-order chi connectivity index (χ1) is 9.69. The van der Waals surface area contributed by atoms with Crippen molar-refractivity contribution in [3.05, 3.63) is 41.5 Å². The monoisotopic (exact) mass is 272 g/mol. The van der Waals surface area contributed by atoms with Crippen LogP contribution in [0.25, 0.3) is 6.08 Å². The minimum Gasteiger partial charge on any atom is -0.354 e. The lowest BCUT2D eigenvalue weighted by Gasteiger charge is -2.16. The van der Waals surface area contributed by atoms with Crippen LogP contribution in [0.2, 0.25) is 0 Å². The second-order valence-electron chi connectivity index (χ2n) is 4.89. The minimum atomic E-state index is -0.110. The summed E-state index contributed by atoms with van der Waals surface area (Å²) in [6.45, 7) is 3.53. The van der Waals surface area contributed by atoms with E-state index in [2.05, 4.69) is 24.4 Å². The third kappa shape index (κ3) is 3.95. The topological polar surface area (TPSA) is 49.4 Å². The van der Waals surface area contributed by atoms with Crippen molar-refractivity contribution in [1.29, 1.82) is 0 Å². The maximum absolute atomic E-state index is 12.1. The highest BCUT2D eigenvalue weighted by molar-refractivity contribution is 5.94. The smallest absolute Gasteiger partial charge is 0.247 e. The molecule has 1 aliphatic heterocycles. The summed E-state index contributed by atoms with van der Waals surface area (Å²) in [6, 6.07) is 8.11. The van der Waals surface area contributed by atoms with Gasteiger partial charge in [0.2, 0.25) is 11.8 Å². The molecule has 0 aliphatic carbocycles. The number of benzene rings is 1. The zero-order chi connectivity index (χ0) is 14.4. The normalized spacial score (nSPS) is 16.1. The van der Waals surface area contributed by atoms with Crippen LogP contribution >= 0.6 is 0 Å². The van der Waals surface area contributed by atoms with Crippen LogP contribution in [0.5, 0.6) is 0 Å². The second kappa shape index (κ2) is 6.89. The number of amides is 2. The number of carbonyl (C=O) groups is 2. The predicted octanol–water partition coefficient (Wildman–Crippen LogP) is 1.61. The molecule has 1 N–H and O–H groups in total. The summed E-state index contributed by atoms with van der Waals surface area (Å²) in [4.78, 5) is 25.0. The Morgan fingerprint density at radius 1 is 1.35 bits per heavy atom. The average Bonchev–Trinajstić information content (AvgIpc) is 2.70. The highest BCUT2D eigenvalue weighted by Crippen LogP contribution is 2.07. The highest BCUT2D eigenvalue weighted by atomic mass is 16.2. The zero-order valence-electron chi connectivity index (χ0n) is 11.8. The van der Waals surface area contributed by atoms with Crippen LogP contribution < -0.4 is 5.32 Å². The van der Waals surface area contributed by atoms with Gasteiger partial charge in [0.1, 0.15) is 0 Å². The zero-order valence-corrected chi connectivity index (χ0v) is 11.8. The second-order valence-corrected chi connectivity index (χ2v) is 4.89. The molecule has 0 aromatic heterocycles. The Morgan fingerprint density at radius 2 is 2.10 bits per heavy atom. The van der Waals surface area contributed by atoms with E-state index >= 15 is 0 Å². The molecule has 1 heterocycles. The lowest BCUT2D eigenvalue weighted by molar-refractivity contribution is -0.131. The number of rotatable bonds is 3. The first kappa shape index (κ1) is 14.3. The van der Waals surface area contributed by atoms with Gasteiger partial charge in [-0.05, 0) is 30.0 Å². The molecule has 2 rings (SSSR count). The molecule has 0 radical (unpaired) electrons. The standard InChI is InChI=1S/C16H20N2O2/c1-2-13-4-6-14(7-5-13)8-9-16(20)18-11-3-10-17-15(19)12-18/h4-9H,2-3,10-12H2,1H3,(H,17,19). The van der Waals surface area contributed by atoms with Crippen molar-refractivity contribution in [3.8, 4) is 0 Å². The molecule has 0 saturated carbocycles. The summed E-state index contributed by atoms with van der Waals surface area (Å²) in [5, 5.41) is 2.76. The number of nitrogens with zero attached hydrogens (tertiary/aromatic N) is 1. The SMILES string of the molecule is CCc1ccc(C=CC(=O)N2CCCNC(=O)C2)cc1. The van der Waals surface area contributed by atoms with Gasteiger partial charge in [0.25, 0.3) is 0 Å². The fraction of sp³-hybridized carbons (Fsp3) is 0.375. The lowest BCUT2D eigenvalue weighted by atomic mass is 10.1. The van der Waals surface area contributed by atoms with E-state index in [4.69, 9.17) is 0 Å². The van der Waals surface area contributed by atoms with Gasteiger partial charge in [0, 0.05) is 19.2 Å². The first-order valence-corrected chi connectivity index (χ1v) is 7.01. The molecular weight excluding hydrogens is 252 g/mol. The van der Waals surface area contributed by atoms with Crippen molar-refractivity contribution in [2.24, 2.45) is 0 Å². The number of carbonyl (C=O) groups excluding carboxylic acids is 2. The maximum Gasteiger partial charge on any atom is 0.247 e. The summed E-state index contributed by atoms with van der Waals surface area (Å²) < 4.78 is 0. The van der Waals surface area contributed by atoms with Crippen molar-refractivity contribution in [1.82, 2.24) is 10.2 Å². The number of aryl methyl sites for hydroxylation is 1. The Kier molecular flexibility index (Phi) is 4.93. The van der Waals surface area contributed by atoms with Crippen molar-refractivity contribution in [2.75, 3.05) is 19.6 Å². The fourth-order valence-electron chi connectivity index (χ4n) is 2.13. The van der Waals surface area contributed by atoms with Crippen LogP contribution in [0.4, 0.5) is 0 Å². The molecule has 0 atom stereocenters. The van der Waals surface area contributed by atoms with Gasteiger partial charge >= 0.3 is 0 Å². The Morgan fingerprint density at radius 3 is 2.80 bits per heavy atom. The third-order valence-corrected chi connectivity index (χ3v) is 3.38. The first-order valence-electron chi connectivity index (χ1n) is 7.01. The molecule has 1 aliphatic rings. The number of hydrogen-bond acceptors (Lipinski definition) is 2. The highest BCUT2D eigenvalue weighted by Gasteiger charge is 2.17. The molecule has 4 nitrogen and oxygen atoms in total. The van der Waals surface area contributed by atoms with Gasteiger partial charge in [-0.15, -0.1) is 0 Å². The summed E-state index contributed by atoms with van der Waals surface area (Å²) in [5.74, 6) is -0.196. The summed E-state index contributed by atoms with van der Waals surface area (Å²) in [7, 11) is 0. The quantitative estimate of drug-likeness (QED) is 0.850. The largest absolute Gasteiger partial charge is 0.354 e. The van der Waals surface area contributed by atoms with E-state index in [1.165, 1.54) is 5.56 Å². The van der Waals surface area contributed by atoms with Crippen LogP contribution in [0.1, 0.15) is 24.5 Å². The van der Waals surface area contributed by atoms with Gasteiger partial charge in [0.05, 0.1) is 6.54 Å². The molecule has 0 bridgehead atoms. The molecule has 1 aromatic rings. The van der Waals surface area contributed by atoms with Crippen molar-refractivity contribution >= 4 is 17.9 Å². The van der Waals surface area contributed by atoms with E-state index in [0.717, 1.165) is 18.4 Å². The predicted molar refractivity (Wildman–Crippen MR) is 79.1 cm³/mol. The van der Waals surface area contributed by atoms with E-state index in [1.54, 1.807) is 17.1 Å². The Labute approximate surface area is 119 Å². The van der Waals surface area contributed by atoms with Gasteiger partial charge in [-0.3, -0.25) is 9.59 Å². The van der Waals surface area contributed by atoms with E-state index in [1.807, 2.05) is 12.1 Å². The van der Waals surface area contributed by atoms with Gasteiger partial charge < -0.3 is 10.2 Å². The van der Waals surface area contributed by atoms with E-state index in [-0.39, 0.29) is 18.4 Å². The van der Waals surface area contributed by atoms with Crippen LogP contribution in [-0.4, -0.2) is 36.3 Å². The molecule has 0 unspecified atom stereocenters. The molecule has 1 aromatic carbocycles. The van der Waals surface area contributed by atoms with E-state index in [9.17, 15) is 9.59 Å². The van der Waals surface area contributed by atoms with E-state index in [0.29, 0.717) is 13.1 Å². The summed E-state index contributed by atoms with van der Waals surface area (Å²) in [6.07, 6.45) is 5.15. The average molecular weight is 272 g/mol. The van der Waals surface area contributed by atoms with E-state index < -0.39 is 0 Å². The minimum absolute atomic E-state index is 0.0865. The van der Waals surface area contributed by atoms with Gasteiger partial charge in [-0.2, -0.15) is 0 Å². The van der Waals surface area contributed by atoms with Gasteiger partial charge in [-0.1, -0.05) is 31.2 Å². The lowest BCUT2D eigenvalue weighted by Crippen LogP contribution is -2.36. The molecule has 2 amide bonds. The van der Waals surface area contributed by atoms with Crippen LogP contribution in [0, 0.1) is 0 Å². The van der Waals surface area contributed by atoms with Crippen molar-refractivity contribution in [2.45, 2.75) is 19.8 Å². The Hall–Kier alpha value is -2.10. The summed E-state index contributed by atoms with van der Waals surface area (Å²) >= 11 is 0. The van der Waals surface area contributed by atoms with Crippen LogP contribution in [0.3, 0.4) is 0 Å². The molecule has 106 valence electrons. The molecule has 1 saturated heterocycles. The molecule has 1 fully saturated rings. The molecular formula is C16H20N2O2. The molecule has 0 spiro atoms. The van der Waals surface area contributed by atoms with Gasteiger partial charge in [-0.25, -0.2) is 0 Å². The van der Waals surface area contributed by atoms with Crippen molar-refractivity contribution < 1.29 is 9.59 Å². The van der Waals surface area contributed by atoms with Crippen molar-refractivity contribution in [3.63, 3.8) is 0 Å². The fourth-order valence-corrected chi connectivity index (χ4v) is 2.13. The van der Waals surface area contributed by atoms with Crippen LogP contribution in [0.15, 0.2) is 30.3 Å².